The zero-order chi connectivity index (χ0) is 20.5. The minimum atomic E-state index is -4.96. The van der Waals surface area contributed by atoms with E-state index in [1.54, 1.807) is 26.0 Å². The van der Waals surface area contributed by atoms with E-state index >= 15 is 0 Å². The van der Waals surface area contributed by atoms with E-state index in [-0.39, 0.29) is 10.8 Å². The van der Waals surface area contributed by atoms with Gasteiger partial charge in [0, 0.05) is 17.8 Å². The minimum Gasteiger partial charge on any atom is -0.403 e. The minimum absolute atomic E-state index is 0.00114. The molecule has 0 aliphatic heterocycles. The van der Waals surface area contributed by atoms with Crippen LogP contribution in [0.1, 0.15) is 22.8 Å². The second-order valence-electron chi connectivity index (χ2n) is 5.71. The molecule has 1 aromatic carbocycles. The summed E-state index contributed by atoms with van der Waals surface area (Å²) in [6, 6.07) is 6.14. The quantitative estimate of drug-likeness (QED) is 0.340. The summed E-state index contributed by atoms with van der Waals surface area (Å²) in [7, 11) is 0. The van der Waals surface area contributed by atoms with E-state index in [1.807, 2.05) is 0 Å². The van der Waals surface area contributed by atoms with Gasteiger partial charge in [0.05, 0.1) is 11.4 Å². The van der Waals surface area contributed by atoms with Crippen LogP contribution in [0.4, 0.5) is 17.6 Å². The molecule has 144 valence electrons. The van der Waals surface area contributed by atoms with Crippen LogP contribution in [-0.4, -0.2) is 20.9 Å². The van der Waals surface area contributed by atoms with E-state index < -0.39 is 17.9 Å². The first-order chi connectivity index (χ1) is 13.1. The Bertz CT molecular complexity index is 1100. The maximum Gasteiger partial charge on any atom is 0.573 e. The van der Waals surface area contributed by atoms with E-state index in [1.165, 1.54) is 16.8 Å². The highest BCUT2D eigenvalue weighted by Gasteiger charge is 2.33. The number of benzene rings is 1. The number of halogens is 5. The van der Waals surface area contributed by atoms with Crippen molar-refractivity contribution in [3.63, 3.8) is 0 Å². The molecule has 0 atom stereocenters. The number of pyridine rings is 1. The summed E-state index contributed by atoms with van der Waals surface area (Å²) in [6.45, 7) is 3.24. The van der Waals surface area contributed by atoms with Gasteiger partial charge in [-0.25, -0.2) is 14.4 Å². The predicted molar refractivity (Wildman–Crippen MR) is 94.9 cm³/mol. The maximum absolute atomic E-state index is 13.5. The van der Waals surface area contributed by atoms with Crippen molar-refractivity contribution in [2.75, 3.05) is 0 Å². The van der Waals surface area contributed by atoms with Crippen LogP contribution in [0.3, 0.4) is 0 Å². The van der Waals surface area contributed by atoms with Crippen molar-refractivity contribution in [1.29, 1.82) is 0 Å². The van der Waals surface area contributed by atoms with Crippen LogP contribution in [-0.2, 0) is 0 Å². The molecule has 0 aliphatic rings. The van der Waals surface area contributed by atoms with Gasteiger partial charge in [-0.2, -0.15) is 0 Å². The third-order valence-corrected chi connectivity index (χ3v) is 3.92. The first-order valence-electron chi connectivity index (χ1n) is 7.89. The number of ether oxygens (including phenoxy) is 1. The number of aryl methyl sites for hydroxylation is 1. The SMILES string of the molecule is Cc1nc(C#Cc2ccnc(Cl)c2)c(C)n1-c1ccc(F)cc1OC(F)(F)F. The molecule has 4 nitrogen and oxygen atoms in total. The molecule has 0 bridgehead atoms. The summed E-state index contributed by atoms with van der Waals surface area (Å²) < 4.78 is 57.0. The number of hydrogen-bond donors (Lipinski definition) is 0. The second-order valence-corrected chi connectivity index (χ2v) is 6.09. The molecule has 0 aliphatic carbocycles. The first-order valence-corrected chi connectivity index (χ1v) is 8.27. The summed E-state index contributed by atoms with van der Waals surface area (Å²) in [5.41, 5.74) is 1.44. The van der Waals surface area contributed by atoms with Crippen LogP contribution in [0.5, 0.6) is 5.75 Å². The smallest absolute Gasteiger partial charge is 0.403 e. The Morgan fingerprint density at radius 3 is 2.54 bits per heavy atom. The summed E-state index contributed by atoms with van der Waals surface area (Å²) in [4.78, 5) is 8.15. The molecule has 0 amide bonds. The highest BCUT2D eigenvalue weighted by Crippen LogP contribution is 2.32. The monoisotopic (exact) mass is 409 g/mol. The average molecular weight is 410 g/mol. The van der Waals surface area contributed by atoms with Crippen LogP contribution in [0.2, 0.25) is 5.15 Å². The normalized spacial score (nSPS) is 11.1. The van der Waals surface area contributed by atoms with E-state index in [9.17, 15) is 17.6 Å². The molecule has 9 heteroatoms. The zero-order valence-electron chi connectivity index (χ0n) is 14.6. The largest absolute Gasteiger partial charge is 0.573 e. The predicted octanol–water partition coefficient (Wildman–Crippen LogP) is 4.98. The number of rotatable bonds is 2. The lowest BCUT2D eigenvalue weighted by molar-refractivity contribution is -0.274. The van der Waals surface area contributed by atoms with Crippen LogP contribution in [0, 0.1) is 31.5 Å². The van der Waals surface area contributed by atoms with Gasteiger partial charge in [-0.1, -0.05) is 17.5 Å². The molecule has 0 fully saturated rings. The Labute approximate surface area is 162 Å². The van der Waals surface area contributed by atoms with Crippen molar-refractivity contribution in [2.24, 2.45) is 0 Å². The van der Waals surface area contributed by atoms with Gasteiger partial charge in [0.1, 0.15) is 22.5 Å². The van der Waals surface area contributed by atoms with E-state index in [2.05, 4.69) is 26.5 Å². The topological polar surface area (TPSA) is 39.9 Å². The highest BCUT2D eigenvalue weighted by molar-refractivity contribution is 6.29. The number of imidazole rings is 1. The van der Waals surface area contributed by atoms with Gasteiger partial charge in [-0.3, -0.25) is 4.57 Å². The lowest BCUT2D eigenvalue weighted by Crippen LogP contribution is -2.19. The molecule has 2 aromatic heterocycles. The Kier molecular flexibility index (Phi) is 5.29. The number of nitrogens with zero attached hydrogens (tertiary/aromatic N) is 3. The fourth-order valence-corrected chi connectivity index (χ4v) is 2.78. The lowest BCUT2D eigenvalue weighted by atomic mass is 10.2. The molecule has 0 unspecified atom stereocenters. The summed E-state index contributed by atoms with van der Waals surface area (Å²) in [5.74, 6) is 4.58. The van der Waals surface area contributed by atoms with Crippen molar-refractivity contribution in [3.05, 3.63) is 70.3 Å². The molecule has 0 N–H and O–H groups in total. The van der Waals surface area contributed by atoms with Gasteiger partial charge in [-0.05, 0) is 44.0 Å². The van der Waals surface area contributed by atoms with Gasteiger partial charge in [0.15, 0.2) is 5.75 Å². The number of hydrogen-bond acceptors (Lipinski definition) is 3. The Hall–Kier alpha value is -3.05. The molecule has 0 radical (unpaired) electrons. The molecule has 3 aromatic rings. The molecule has 0 saturated heterocycles. The van der Waals surface area contributed by atoms with Crippen molar-refractivity contribution in [2.45, 2.75) is 20.2 Å². The van der Waals surface area contributed by atoms with Crippen molar-refractivity contribution in [1.82, 2.24) is 14.5 Å². The molecule has 0 spiro atoms. The highest BCUT2D eigenvalue weighted by atomic mass is 35.5. The van der Waals surface area contributed by atoms with Gasteiger partial charge >= 0.3 is 6.36 Å². The van der Waals surface area contributed by atoms with Crippen LogP contribution in [0.15, 0.2) is 36.5 Å². The van der Waals surface area contributed by atoms with Crippen molar-refractivity contribution < 1.29 is 22.3 Å². The second kappa shape index (κ2) is 7.52. The van der Waals surface area contributed by atoms with Gasteiger partial charge in [0.25, 0.3) is 0 Å². The fourth-order valence-electron chi connectivity index (χ4n) is 2.61. The van der Waals surface area contributed by atoms with E-state index in [0.717, 1.165) is 6.07 Å². The summed E-state index contributed by atoms with van der Waals surface area (Å²) >= 11 is 5.82. The Morgan fingerprint density at radius 2 is 1.86 bits per heavy atom. The Morgan fingerprint density at radius 1 is 1.11 bits per heavy atom. The maximum atomic E-state index is 13.5. The molecule has 28 heavy (non-hydrogen) atoms. The van der Waals surface area contributed by atoms with Crippen molar-refractivity contribution >= 4 is 11.6 Å². The molecular formula is C19H12ClF4N3O. The average Bonchev–Trinajstić information content (AvgIpc) is 2.86. The third kappa shape index (κ3) is 4.43. The van der Waals surface area contributed by atoms with E-state index in [4.69, 9.17) is 11.6 Å². The van der Waals surface area contributed by atoms with Gasteiger partial charge in [-0.15, -0.1) is 13.2 Å². The van der Waals surface area contributed by atoms with Crippen LogP contribution in [0.25, 0.3) is 5.69 Å². The molecule has 0 saturated carbocycles. The van der Waals surface area contributed by atoms with Crippen LogP contribution >= 0.6 is 11.6 Å². The number of aromatic nitrogens is 3. The van der Waals surface area contributed by atoms with Gasteiger partial charge < -0.3 is 4.74 Å². The van der Waals surface area contributed by atoms with Crippen LogP contribution < -0.4 is 4.74 Å². The summed E-state index contributed by atoms with van der Waals surface area (Å²) in [5, 5.41) is 0.283. The van der Waals surface area contributed by atoms with Crippen molar-refractivity contribution in [3.8, 4) is 23.3 Å². The molecule has 3 rings (SSSR count). The standard InChI is InChI=1S/C19H12ClF4N3O/c1-11-15(5-3-13-7-8-25-18(20)9-13)26-12(2)27(11)16-6-4-14(21)10-17(16)28-19(22,23)24/h4,6-10H,1-2H3. The fraction of sp³-hybridized carbons (Fsp3) is 0.158. The lowest BCUT2D eigenvalue weighted by Gasteiger charge is -2.16. The third-order valence-electron chi connectivity index (χ3n) is 3.72. The Balaban J connectivity index is 2.06. The summed E-state index contributed by atoms with van der Waals surface area (Å²) in [6.07, 6.45) is -3.46. The number of alkyl halides is 3. The van der Waals surface area contributed by atoms with Gasteiger partial charge in [0.2, 0.25) is 0 Å². The molecule has 2 heterocycles. The van der Waals surface area contributed by atoms with E-state index in [0.29, 0.717) is 28.8 Å². The molecular weight excluding hydrogens is 398 g/mol. The first kappa shape index (κ1) is 19.7. The zero-order valence-corrected chi connectivity index (χ0v) is 15.4.